The van der Waals surface area contributed by atoms with E-state index in [-0.39, 0.29) is 4.90 Å². The SMILES string of the molecule is C=CCNC(=S)Nc1ccc(S(=O)(=O)N(CC)c2ccccc2)cc1. The molecule has 0 aliphatic heterocycles. The quantitative estimate of drug-likeness (QED) is 0.574. The molecule has 0 atom stereocenters. The van der Waals surface area contributed by atoms with Gasteiger partial charge in [0.15, 0.2) is 5.11 Å². The van der Waals surface area contributed by atoms with E-state index in [2.05, 4.69) is 17.2 Å². The molecule has 0 aliphatic rings. The highest BCUT2D eigenvalue weighted by atomic mass is 32.2. The van der Waals surface area contributed by atoms with Crippen LogP contribution in [-0.4, -0.2) is 26.6 Å². The fourth-order valence-electron chi connectivity index (χ4n) is 2.26. The Morgan fingerprint density at radius 2 is 1.80 bits per heavy atom. The van der Waals surface area contributed by atoms with Gasteiger partial charge in [0.2, 0.25) is 0 Å². The predicted octanol–water partition coefficient (Wildman–Crippen LogP) is 3.37. The van der Waals surface area contributed by atoms with Crippen LogP contribution in [0.3, 0.4) is 0 Å². The molecule has 0 saturated carbocycles. The van der Waals surface area contributed by atoms with Crippen LogP contribution >= 0.6 is 12.2 Å². The standard InChI is InChI=1S/C18H21N3O2S2/c1-3-14-19-18(24)20-15-10-12-17(13-11-15)25(22,23)21(4-2)16-8-6-5-7-9-16/h3,5-13H,1,4,14H2,2H3,(H2,19,20,24). The number of benzene rings is 2. The molecule has 0 amide bonds. The lowest BCUT2D eigenvalue weighted by Gasteiger charge is -2.23. The van der Waals surface area contributed by atoms with Crippen molar-refractivity contribution in [1.82, 2.24) is 5.32 Å². The monoisotopic (exact) mass is 375 g/mol. The lowest BCUT2D eigenvalue weighted by Crippen LogP contribution is -2.31. The van der Waals surface area contributed by atoms with Crippen molar-refractivity contribution >= 4 is 38.7 Å². The molecule has 0 unspecified atom stereocenters. The second-order valence-electron chi connectivity index (χ2n) is 5.15. The number of nitrogens with one attached hydrogen (secondary N) is 2. The van der Waals surface area contributed by atoms with Gasteiger partial charge < -0.3 is 10.6 Å². The smallest absolute Gasteiger partial charge is 0.264 e. The molecule has 2 rings (SSSR count). The molecular formula is C18H21N3O2S2. The fourth-order valence-corrected chi connectivity index (χ4v) is 3.94. The van der Waals surface area contributed by atoms with Crippen LogP contribution in [0.1, 0.15) is 6.92 Å². The summed E-state index contributed by atoms with van der Waals surface area (Å²) in [5.41, 5.74) is 1.35. The molecule has 0 bridgehead atoms. The summed E-state index contributed by atoms with van der Waals surface area (Å²) < 4.78 is 27.2. The summed E-state index contributed by atoms with van der Waals surface area (Å²) in [5.74, 6) is 0. The molecule has 25 heavy (non-hydrogen) atoms. The zero-order valence-corrected chi connectivity index (χ0v) is 15.6. The fraction of sp³-hybridized carbons (Fsp3) is 0.167. The van der Waals surface area contributed by atoms with Crippen LogP contribution in [0.5, 0.6) is 0 Å². The summed E-state index contributed by atoms with van der Waals surface area (Å²) in [4.78, 5) is 0.230. The van der Waals surface area contributed by atoms with E-state index in [1.807, 2.05) is 25.1 Å². The topological polar surface area (TPSA) is 61.4 Å². The number of hydrogen-bond acceptors (Lipinski definition) is 3. The molecule has 5 nitrogen and oxygen atoms in total. The van der Waals surface area contributed by atoms with E-state index in [4.69, 9.17) is 12.2 Å². The molecule has 0 spiro atoms. The Balaban J connectivity index is 2.19. The molecule has 0 radical (unpaired) electrons. The Morgan fingerprint density at radius 1 is 1.16 bits per heavy atom. The van der Waals surface area contributed by atoms with Gasteiger partial charge in [-0.1, -0.05) is 24.3 Å². The van der Waals surface area contributed by atoms with Crippen molar-refractivity contribution in [3.8, 4) is 0 Å². The maximum atomic E-state index is 12.9. The molecular weight excluding hydrogens is 354 g/mol. The van der Waals surface area contributed by atoms with Gasteiger partial charge in [-0.3, -0.25) is 4.31 Å². The summed E-state index contributed by atoms with van der Waals surface area (Å²) in [5, 5.41) is 6.40. The van der Waals surface area contributed by atoms with E-state index >= 15 is 0 Å². The summed E-state index contributed by atoms with van der Waals surface area (Å²) in [6.45, 7) is 6.32. The highest BCUT2D eigenvalue weighted by Gasteiger charge is 2.23. The minimum atomic E-state index is -3.62. The van der Waals surface area contributed by atoms with Gasteiger partial charge in [-0.05, 0) is 55.5 Å². The third-order valence-electron chi connectivity index (χ3n) is 3.44. The maximum absolute atomic E-state index is 12.9. The second-order valence-corrected chi connectivity index (χ2v) is 7.42. The largest absolute Gasteiger partial charge is 0.359 e. The van der Waals surface area contributed by atoms with Gasteiger partial charge in [0.1, 0.15) is 0 Å². The zero-order chi connectivity index (χ0) is 18.3. The van der Waals surface area contributed by atoms with Crippen molar-refractivity contribution in [2.75, 3.05) is 22.7 Å². The highest BCUT2D eigenvalue weighted by Crippen LogP contribution is 2.24. The van der Waals surface area contributed by atoms with Crippen molar-refractivity contribution in [2.45, 2.75) is 11.8 Å². The first kappa shape index (κ1) is 19.0. The Labute approximate surface area is 154 Å². The third-order valence-corrected chi connectivity index (χ3v) is 5.60. The number of rotatable bonds is 7. The molecule has 2 aromatic carbocycles. The Bertz CT molecular complexity index is 819. The van der Waals surface area contributed by atoms with Crippen LogP contribution in [0, 0.1) is 0 Å². The van der Waals surface area contributed by atoms with E-state index in [0.29, 0.717) is 29.6 Å². The zero-order valence-electron chi connectivity index (χ0n) is 14.0. The molecule has 132 valence electrons. The average molecular weight is 376 g/mol. The van der Waals surface area contributed by atoms with Crippen LogP contribution in [0.15, 0.2) is 72.1 Å². The van der Waals surface area contributed by atoms with Gasteiger partial charge in [0, 0.05) is 18.8 Å². The molecule has 0 aliphatic carbocycles. The first-order valence-electron chi connectivity index (χ1n) is 7.82. The van der Waals surface area contributed by atoms with Crippen molar-refractivity contribution in [1.29, 1.82) is 0 Å². The van der Waals surface area contributed by atoms with E-state index in [9.17, 15) is 8.42 Å². The summed E-state index contributed by atoms with van der Waals surface area (Å²) in [6.07, 6.45) is 1.70. The number of nitrogens with zero attached hydrogens (tertiary/aromatic N) is 1. The minimum Gasteiger partial charge on any atom is -0.359 e. The number of thiocarbonyl (C=S) groups is 1. The van der Waals surface area contributed by atoms with Crippen LogP contribution in [0.25, 0.3) is 0 Å². The van der Waals surface area contributed by atoms with Crippen molar-refractivity contribution < 1.29 is 8.42 Å². The molecule has 0 fully saturated rings. The molecule has 0 aromatic heterocycles. The van der Waals surface area contributed by atoms with Crippen molar-refractivity contribution in [3.63, 3.8) is 0 Å². The van der Waals surface area contributed by atoms with Gasteiger partial charge in [0.05, 0.1) is 10.6 Å². The van der Waals surface area contributed by atoms with Gasteiger partial charge in [0.25, 0.3) is 10.0 Å². The summed E-state index contributed by atoms with van der Waals surface area (Å²) in [6, 6.07) is 15.6. The Hall–Kier alpha value is -2.38. The highest BCUT2D eigenvalue weighted by molar-refractivity contribution is 7.92. The number of sulfonamides is 1. The molecule has 7 heteroatoms. The van der Waals surface area contributed by atoms with Crippen LogP contribution in [0.2, 0.25) is 0 Å². The first-order chi connectivity index (χ1) is 12.0. The molecule has 2 N–H and O–H groups in total. The van der Waals surface area contributed by atoms with Gasteiger partial charge in [-0.15, -0.1) is 6.58 Å². The summed E-state index contributed by atoms with van der Waals surface area (Å²) in [7, 11) is -3.62. The van der Waals surface area contributed by atoms with E-state index in [1.54, 1.807) is 42.5 Å². The first-order valence-corrected chi connectivity index (χ1v) is 9.67. The van der Waals surface area contributed by atoms with E-state index in [1.165, 1.54) is 4.31 Å². The lowest BCUT2D eigenvalue weighted by molar-refractivity contribution is 0.592. The maximum Gasteiger partial charge on any atom is 0.264 e. The lowest BCUT2D eigenvalue weighted by atomic mass is 10.3. The van der Waals surface area contributed by atoms with Crippen LogP contribution in [-0.2, 0) is 10.0 Å². The van der Waals surface area contributed by atoms with Gasteiger partial charge in [-0.25, -0.2) is 8.42 Å². The predicted molar refractivity (Wildman–Crippen MR) is 108 cm³/mol. The van der Waals surface area contributed by atoms with Crippen molar-refractivity contribution in [2.24, 2.45) is 0 Å². The van der Waals surface area contributed by atoms with Gasteiger partial charge in [-0.2, -0.15) is 0 Å². The normalized spacial score (nSPS) is 10.8. The Morgan fingerprint density at radius 3 is 2.36 bits per heavy atom. The minimum absolute atomic E-state index is 0.230. The Kier molecular flexibility index (Phi) is 6.55. The molecule has 0 saturated heterocycles. The number of anilines is 2. The molecule has 2 aromatic rings. The molecule has 0 heterocycles. The third kappa shape index (κ3) is 4.80. The average Bonchev–Trinajstić information content (AvgIpc) is 2.62. The second kappa shape index (κ2) is 8.64. The van der Waals surface area contributed by atoms with Crippen LogP contribution < -0.4 is 14.9 Å². The summed E-state index contributed by atoms with van der Waals surface area (Å²) >= 11 is 5.14. The van der Waals surface area contributed by atoms with Crippen LogP contribution in [0.4, 0.5) is 11.4 Å². The van der Waals surface area contributed by atoms with E-state index < -0.39 is 10.0 Å². The number of para-hydroxylation sites is 1. The van der Waals surface area contributed by atoms with Gasteiger partial charge >= 0.3 is 0 Å². The number of hydrogen-bond donors (Lipinski definition) is 2. The van der Waals surface area contributed by atoms with E-state index in [0.717, 1.165) is 0 Å². The van der Waals surface area contributed by atoms with Crippen molar-refractivity contribution in [3.05, 3.63) is 67.3 Å².